The second-order valence-corrected chi connectivity index (χ2v) is 10.1. The highest BCUT2D eigenvalue weighted by Crippen LogP contribution is 2.42. The Balaban J connectivity index is 0.000000321. The summed E-state index contributed by atoms with van der Waals surface area (Å²) in [4.78, 5) is 4.58. The number of hydrogen-bond donors (Lipinski definition) is 3. The van der Waals surface area contributed by atoms with Gasteiger partial charge in [-0.25, -0.2) is 0 Å². The van der Waals surface area contributed by atoms with Crippen LogP contribution in [0.25, 0.3) is 0 Å². The first-order valence-corrected chi connectivity index (χ1v) is 13.6. The molecule has 4 aromatic rings. The fourth-order valence-corrected chi connectivity index (χ4v) is 5.58. The zero-order valence-electron chi connectivity index (χ0n) is 21.9. The van der Waals surface area contributed by atoms with Crippen molar-refractivity contribution in [2.45, 2.75) is 41.8 Å². The molecule has 2 aliphatic rings. The lowest BCUT2D eigenvalue weighted by Crippen LogP contribution is -2.39. The molecule has 198 valence electrons. The standard InChI is InChI=1S/C25H25NO2S.C6H6S.CH4O/c1-27-24-10-7-18-14-23-21-9-8-20(28-16-17-5-3-2-4-6-17)13-19(21)11-12-26(23)15-22(18)25(24)29;7-6-4-2-1-3-5-6;1-2/h2-10,13,23,29H,11-12,14-16H2,1H3;1-5,7H;2H,1H3. The molecule has 0 aromatic heterocycles. The summed E-state index contributed by atoms with van der Waals surface area (Å²) in [6.45, 7) is 2.60. The van der Waals surface area contributed by atoms with Gasteiger partial charge in [0.1, 0.15) is 18.1 Å². The molecule has 0 spiro atoms. The lowest BCUT2D eigenvalue weighted by atomic mass is 9.84. The third kappa shape index (κ3) is 6.75. The highest BCUT2D eigenvalue weighted by Gasteiger charge is 2.33. The van der Waals surface area contributed by atoms with E-state index in [1.165, 1.54) is 27.8 Å². The highest BCUT2D eigenvalue weighted by atomic mass is 32.1. The fourth-order valence-electron chi connectivity index (χ4n) is 5.03. The van der Waals surface area contributed by atoms with E-state index in [9.17, 15) is 0 Å². The van der Waals surface area contributed by atoms with Crippen LogP contribution in [0.2, 0.25) is 0 Å². The Kier molecular flexibility index (Phi) is 10.2. The molecule has 1 atom stereocenters. The van der Waals surface area contributed by atoms with Crippen LogP contribution in [0.4, 0.5) is 0 Å². The SMILES string of the molecule is CO.COc1ccc2c(c1S)CN1CCc3cc(OCc4ccccc4)ccc3C1C2.Sc1ccccc1. The van der Waals surface area contributed by atoms with E-state index in [2.05, 4.69) is 53.9 Å². The summed E-state index contributed by atoms with van der Waals surface area (Å²) in [5, 5.41) is 7.00. The molecule has 2 aliphatic heterocycles. The minimum absolute atomic E-state index is 0.426. The summed E-state index contributed by atoms with van der Waals surface area (Å²) in [6.07, 6.45) is 2.07. The number of aliphatic hydroxyl groups excluding tert-OH is 1. The van der Waals surface area contributed by atoms with Crippen molar-refractivity contribution in [2.24, 2.45) is 0 Å². The average molecular weight is 546 g/mol. The van der Waals surface area contributed by atoms with Crippen molar-refractivity contribution in [2.75, 3.05) is 20.8 Å². The van der Waals surface area contributed by atoms with E-state index in [1.807, 2.05) is 54.6 Å². The molecule has 0 aliphatic carbocycles. The van der Waals surface area contributed by atoms with Gasteiger partial charge in [0.2, 0.25) is 0 Å². The molecule has 6 rings (SSSR count). The van der Waals surface area contributed by atoms with Gasteiger partial charge in [-0.3, -0.25) is 4.90 Å². The molecule has 2 heterocycles. The first kappa shape index (κ1) is 28.1. The normalized spacial score (nSPS) is 15.3. The Bertz CT molecular complexity index is 1320. The van der Waals surface area contributed by atoms with E-state index in [1.54, 1.807) is 7.11 Å². The van der Waals surface area contributed by atoms with E-state index in [-0.39, 0.29) is 0 Å². The predicted octanol–water partition coefficient (Wildman–Crippen LogP) is 6.80. The molecule has 0 saturated carbocycles. The zero-order valence-corrected chi connectivity index (χ0v) is 23.7. The molecule has 4 aromatic carbocycles. The first-order valence-electron chi connectivity index (χ1n) is 12.7. The van der Waals surface area contributed by atoms with Crippen molar-refractivity contribution in [1.82, 2.24) is 4.90 Å². The summed E-state index contributed by atoms with van der Waals surface area (Å²) in [7, 11) is 2.71. The number of ether oxygens (including phenoxy) is 2. The van der Waals surface area contributed by atoms with Crippen LogP contribution in [-0.4, -0.2) is 30.8 Å². The number of hydrogen-bond acceptors (Lipinski definition) is 6. The van der Waals surface area contributed by atoms with Crippen LogP contribution in [0.3, 0.4) is 0 Å². The molecule has 1 N–H and O–H groups in total. The van der Waals surface area contributed by atoms with Gasteiger partial charge in [-0.05, 0) is 71.0 Å². The van der Waals surface area contributed by atoms with Crippen molar-refractivity contribution in [3.8, 4) is 11.5 Å². The minimum Gasteiger partial charge on any atom is -0.496 e. The summed E-state index contributed by atoms with van der Waals surface area (Å²) in [5.41, 5.74) is 6.74. The third-order valence-electron chi connectivity index (χ3n) is 6.92. The molecule has 4 nitrogen and oxygen atoms in total. The number of rotatable bonds is 4. The van der Waals surface area contributed by atoms with Gasteiger partial charge < -0.3 is 14.6 Å². The first-order chi connectivity index (χ1) is 18.6. The Morgan fingerprint density at radius 3 is 2.24 bits per heavy atom. The monoisotopic (exact) mass is 545 g/mol. The van der Waals surface area contributed by atoms with Crippen LogP contribution in [-0.2, 0) is 26.0 Å². The Morgan fingerprint density at radius 1 is 0.868 bits per heavy atom. The van der Waals surface area contributed by atoms with Crippen molar-refractivity contribution in [1.29, 1.82) is 0 Å². The van der Waals surface area contributed by atoms with Gasteiger partial charge in [0, 0.05) is 31.1 Å². The molecule has 0 saturated heterocycles. The van der Waals surface area contributed by atoms with Crippen molar-refractivity contribution < 1.29 is 14.6 Å². The van der Waals surface area contributed by atoms with Crippen LogP contribution < -0.4 is 9.47 Å². The summed E-state index contributed by atoms with van der Waals surface area (Å²) >= 11 is 8.82. The van der Waals surface area contributed by atoms with E-state index in [0.717, 1.165) is 54.3 Å². The van der Waals surface area contributed by atoms with E-state index >= 15 is 0 Å². The zero-order chi connectivity index (χ0) is 26.9. The molecule has 0 bridgehead atoms. The van der Waals surface area contributed by atoms with Crippen molar-refractivity contribution >= 4 is 25.3 Å². The van der Waals surface area contributed by atoms with E-state index < -0.39 is 0 Å². The van der Waals surface area contributed by atoms with E-state index in [4.69, 9.17) is 27.2 Å². The number of fused-ring (bicyclic) bond motifs is 4. The number of nitrogens with zero attached hydrogens (tertiary/aromatic N) is 1. The van der Waals surface area contributed by atoms with Gasteiger partial charge in [-0.2, -0.15) is 0 Å². The van der Waals surface area contributed by atoms with Crippen LogP contribution in [0.1, 0.15) is 33.9 Å². The van der Waals surface area contributed by atoms with Crippen LogP contribution in [0.15, 0.2) is 101 Å². The molecule has 0 amide bonds. The Morgan fingerprint density at radius 2 is 1.58 bits per heavy atom. The molecular formula is C32H35NO3S2. The second-order valence-electron chi connectivity index (χ2n) is 9.16. The summed E-state index contributed by atoms with van der Waals surface area (Å²) in [5.74, 6) is 1.82. The van der Waals surface area contributed by atoms with Crippen molar-refractivity contribution in [3.63, 3.8) is 0 Å². The van der Waals surface area contributed by atoms with Crippen LogP contribution >= 0.6 is 25.3 Å². The lowest BCUT2D eigenvalue weighted by Gasteiger charge is -2.42. The molecular weight excluding hydrogens is 510 g/mol. The van der Waals surface area contributed by atoms with Crippen LogP contribution in [0.5, 0.6) is 11.5 Å². The Labute approximate surface area is 237 Å². The molecule has 1 unspecified atom stereocenters. The predicted molar refractivity (Wildman–Crippen MR) is 160 cm³/mol. The number of benzene rings is 4. The number of methoxy groups -OCH3 is 1. The molecule has 0 fully saturated rings. The topological polar surface area (TPSA) is 41.9 Å². The van der Waals surface area contributed by atoms with Gasteiger partial charge in [-0.15, -0.1) is 25.3 Å². The maximum atomic E-state index is 7.00. The number of thiol groups is 2. The largest absolute Gasteiger partial charge is 0.496 e. The Hall–Kier alpha value is -2.90. The second kappa shape index (κ2) is 13.8. The molecule has 38 heavy (non-hydrogen) atoms. The van der Waals surface area contributed by atoms with Gasteiger partial charge in [0.05, 0.1) is 12.0 Å². The fraction of sp³-hybridized carbons (Fsp3) is 0.250. The van der Waals surface area contributed by atoms with Gasteiger partial charge in [-0.1, -0.05) is 60.7 Å². The average Bonchev–Trinajstić information content (AvgIpc) is 2.98. The third-order valence-corrected chi connectivity index (χ3v) is 7.71. The van der Waals surface area contributed by atoms with Gasteiger partial charge in [0.15, 0.2) is 0 Å². The van der Waals surface area contributed by atoms with Crippen LogP contribution in [0, 0.1) is 0 Å². The molecule has 6 heteroatoms. The quantitative estimate of drug-likeness (QED) is 0.247. The smallest absolute Gasteiger partial charge is 0.132 e. The minimum atomic E-state index is 0.426. The molecule has 0 radical (unpaired) electrons. The van der Waals surface area contributed by atoms with Crippen molar-refractivity contribution in [3.05, 3.63) is 119 Å². The summed E-state index contributed by atoms with van der Waals surface area (Å²) in [6, 6.07) is 31.4. The van der Waals surface area contributed by atoms with Gasteiger partial charge >= 0.3 is 0 Å². The maximum absolute atomic E-state index is 7.00. The lowest BCUT2D eigenvalue weighted by molar-refractivity contribution is 0.158. The van der Waals surface area contributed by atoms with Gasteiger partial charge in [0.25, 0.3) is 0 Å². The highest BCUT2D eigenvalue weighted by molar-refractivity contribution is 7.80. The summed E-state index contributed by atoms with van der Waals surface area (Å²) < 4.78 is 11.5. The maximum Gasteiger partial charge on any atom is 0.132 e. The number of aliphatic hydroxyl groups is 1. The van der Waals surface area contributed by atoms with E-state index in [0.29, 0.717) is 12.6 Å².